The van der Waals surface area contributed by atoms with Crippen LogP contribution in [0.2, 0.25) is 0 Å². The van der Waals surface area contributed by atoms with Crippen molar-refractivity contribution in [3.05, 3.63) is 28.2 Å². The number of benzene rings is 1. The number of amides is 1. The predicted octanol–water partition coefficient (Wildman–Crippen LogP) is 3.14. The van der Waals surface area contributed by atoms with Crippen LogP contribution in [0.15, 0.2) is 27.6 Å². The van der Waals surface area contributed by atoms with Crippen molar-refractivity contribution in [3.63, 3.8) is 0 Å². The van der Waals surface area contributed by atoms with Gasteiger partial charge in [0.2, 0.25) is 0 Å². The molecule has 0 spiro atoms. The van der Waals surface area contributed by atoms with Crippen molar-refractivity contribution in [1.82, 2.24) is 5.32 Å². The average Bonchev–Trinajstić information content (AvgIpc) is 2.31. The molecule has 1 amide bonds. The van der Waals surface area contributed by atoms with Gasteiger partial charge in [-0.05, 0) is 40.0 Å². The molecule has 0 aliphatic rings. The van der Waals surface area contributed by atoms with E-state index < -0.39 is 0 Å². The molecule has 1 aromatic carbocycles. The van der Waals surface area contributed by atoms with Crippen molar-refractivity contribution in [2.75, 3.05) is 19.8 Å². The molecule has 0 heterocycles. The Kier molecular flexibility index (Phi) is 6.75. The summed E-state index contributed by atoms with van der Waals surface area (Å²) in [4.78, 5) is 12.6. The van der Waals surface area contributed by atoms with Gasteiger partial charge in [0.15, 0.2) is 0 Å². The molecule has 0 radical (unpaired) electrons. The molecule has 100 valence electrons. The summed E-state index contributed by atoms with van der Waals surface area (Å²) in [5.41, 5.74) is 0.589. The molecule has 0 aliphatic heterocycles. The third-order valence-corrected chi connectivity index (χ3v) is 3.15. The minimum atomic E-state index is -0.120. The van der Waals surface area contributed by atoms with Crippen molar-refractivity contribution >= 4 is 34.5 Å². The lowest BCUT2D eigenvalue weighted by Gasteiger charge is -2.09. The molecule has 1 rings (SSSR count). The van der Waals surface area contributed by atoms with E-state index in [1.165, 1.54) is 0 Å². The van der Waals surface area contributed by atoms with Crippen LogP contribution >= 0.6 is 28.6 Å². The van der Waals surface area contributed by atoms with Gasteiger partial charge in [0, 0.05) is 22.5 Å². The van der Waals surface area contributed by atoms with Crippen LogP contribution in [0.25, 0.3) is 0 Å². The molecule has 0 saturated heterocycles. The molecule has 0 bridgehead atoms. The van der Waals surface area contributed by atoms with E-state index in [1.54, 1.807) is 6.07 Å². The number of ether oxygens (including phenoxy) is 1. The van der Waals surface area contributed by atoms with Crippen LogP contribution in [0.5, 0.6) is 0 Å². The summed E-state index contributed by atoms with van der Waals surface area (Å²) >= 11 is 7.56. The van der Waals surface area contributed by atoms with Gasteiger partial charge in [0.1, 0.15) is 0 Å². The van der Waals surface area contributed by atoms with E-state index in [1.807, 2.05) is 12.1 Å². The van der Waals surface area contributed by atoms with E-state index >= 15 is 0 Å². The number of nitrogens with one attached hydrogen (secondary N) is 1. The molecule has 0 unspecified atom stereocenters. The minimum absolute atomic E-state index is 0.120. The zero-order chi connectivity index (χ0) is 13.5. The van der Waals surface area contributed by atoms with Crippen LogP contribution in [-0.4, -0.2) is 25.7 Å². The highest BCUT2D eigenvalue weighted by atomic mass is 79.9. The second-order valence-corrected chi connectivity index (χ2v) is 5.76. The van der Waals surface area contributed by atoms with Crippen LogP contribution in [0.1, 0.15) is 24.2 Å². The van der Waals surface area contributed by atoms with Gasteiger partial charge in [-0.25, -0.2) is 0 Å². The first-order chi connectivity index (χ1) is 8.50. The maximum atomic E-state index is 11.9. The van der Waals surface area contributed by atoms with Crippen molar-refractivity contribution in [2.45, 2.75) is 18.7 Å². The third-order valence-electron chi connectivity index (χ3n) is 2.18. The fraction of sp³-hybridized carbons (Fsp3) is 0.462. The predicted molar refractivity (Wildman–Crippen MR) is 79.4 cm³/mol. The SMILES string of the molecule is CC(C)COCCNC(=O)c1cc(S)ccc1Br. The summed E-state index contributed by atoms with van der Waals surface area (Å²) in [6.45, 7) is 5.93. The fourth-order valence-corrected chi connectivity index (χ4v) is 1.97. The minimum Gasteiger partial charge on any atom is -0.379 e. The second kappa shape index (κ2) is 7.81. The van der Waals surface area contributed by atoms with E-state index in [2.05, 4.69) is 47.7 Å². The molecule has 0 aromatic heterocycles. The summed E-state index contributed by atoms with van der Waals surface area (Å²) in [6.07, 6.45) is 0. The molecule has 0 fully saturated rings. The van der Waals surface area contributed by atoms with Crippen molar-refractivity contribution in [1.29, 1.82) is 0 Å². The van der Waals surface area contributed by atoms with Crippen LogP contribution in [0.4, 0.5) is 0 Å². The molecule has 0 saturated carbocycles. The molecule has 1 N–H and O–H groups in total. The average molecular weight is 332 g/mol. The Morgan fingerprint density at radius 3 is 2.89 bits per heavy atom. The zero-order valence-corrected chi connectivity index (χ0v) is 13.1. The number of carbonyl (C=O) groups excluding carboxylic acids is 1. The summed E-state index contributed by atoms with van der Waals surface area (Å²) in [7, 11) is 0. The zero-order valence-electron chi connectivity index (χ0n) is 10.6. The molecule has 0 atom stereocenters. The number of halogens is 1. The molecular formula is C13H18BrNO2S. The van der Waals surface area contributed by atoms with E-state index in [4.69, 9.17) is 4.74 Å². The van der Waals surface area contributed by atoms with Gasteiger partial charge < -0.3 is 10.1 Å². The summed E-state index contributed by atoms with van der Waals surface area (Å²) in [6, 6.07) is 5.37. The standard InChI is InChI=1S/C13H18BrNO2S/c1-9(2)8-17-6-5-15-13(16)11-7-10(18)3-4-12(11)14/h3-4,7,9,18H,5-6,8H2,1-2H3,(H,15,16). The van der Waals surface area contributed by atoms with Gasteiger partial charge in [-0.3, -0.25) is 4.79 Å². The Labute approximate surface area is 122 Å². The van der Waals surface area contributed by atoms with Crippen molar-refractivity contribution in [2.24, 2.45) is 5.92 Å². The topological polar surface area (TPSA) is 38.3 Å². The third kappa shape index (κ3) is 5.42. The number of hydrogen-bond donors (Lipinski definition) is 2. The number of carbonyl (C=O) groups is 1. The van der Waals surface area contributed by atoms with E-state index in [-0.39, 0.29) is 5.91 Å². The Hall–Kier alpha value is -0.520. The Bertz CT molecular complexity index is 410. The fourth-order valence-electron chi connectivity index (χ4n) is 1.34. The molecular weight excluding hydrogens is 314 g/mol. The van der Waals surface area contributed by atoms with Gasteiger partial charge in [-0.15, -0.1) is 12.6 Å². The number of hydrogen-bond acceptors (Lipinski definition) is 3. The summed E-state index contributed by atoms with van der Waals surface area (Å²) in [5, 5.41) is 2.81. The van der Waals surface area contributed by atoms with E-state index in [0.717, 1.165) is 9.37 Å². The lowest BCUT2D eigenvalue weighted by atomic mass is 10.2. The van der Waals surface area contributed by atoms with E-state index in [9.17, 15) is 4.79 Å². The number of rotatable bonds is 6. The van der Waals surface area contributed by atoms with Crippen LogP contribution in [0, 0.1) is 5.92 Å². The lowest BCUT2D eigenvalue weighted by Crippen LogP contribution is -2.28. The first-order valence-corrected chi connectivity index (χ1v) is 7.09. The van der Waals surface area contributed by atoms with Crippen molar-refractivity contribution < 1.29 is 9.53 Å². The monoisotopic (exact) mass is 331 g/mol. The van der Waals surface area contributed by atoms with Gasteiger partial charge >= 0.3 is 0 Å². The Morgan fingerprint density at radius 2 is 2.22 bits per heavy atom. The van der Waals surface area contributed by atoms with Crippen molar-refractivity contribution in [3.8, 4) is 0 Å². The molecule has 3 nitrogen and oxygen atoms in total. The Balaban J connectivity index is 2.39. The molecule has 1 aromatic rings. The largest absolute Gasteiger partial charge is 0.379 e. The number of thiol groups is 1. The maximum Gasteiger partial charge on any atom is 0.252 e. The highest BCUT2D eigenvalue weighted by molar-refractivity contribution is 9.10. The van der Waals surface area contributed by atoms with Gasteiger partial charge in [0.05, 0.1) is 12.2 Å². The van der Waals surface area contributed by atoms with E-state index in [0.29, 0.717) is 31.2 Å². The van der Waals surface area contributed by atoms with Gasteiger partial charge in [-0.1, -0.05) is 13.8 Å². The van der Waals surface area contributed by atoms with Crippen LogP contribution < -0.4 is 5.32 Å². The highest BCUT2D eigenvalue weighted by Crippen LogP contribution is 2.19. The van der Waals surface area contributed by atoms with Crippen LogP contribution in [-0.2, 0) is 4.74 Å². The summed E-state index contributed by atoms with van der Waals surface area (Å²) < 4.78 is 6.16. The quantitative estimate of drug-likeness (QED) is 0.620. The van der Waals surface area contributed by atoms with Crippen LogP contribution in [0.3, 0.4) is 0 Å². The van der Waals surface area contributed by atoms with Gasteiger partial charge in [0.25, 0.3) is 5.91 Å². The summed E-state index contributed by atoms with van der Waals surface area (Å²) in [5.74, 6) is 0.390. The normalized spacial score (nSPS) is 10.7. The van der Waals surface area contributed by atoms with Gasteiger partial charge in [-0.2, -0.15) is 0 Å². The maximum absolute atomic E-state index is 11.9. The highest BCUT2D eigenvalue weighted by Gasteiger charge is 2.09. The smallest absolute Gasteiger partial charge is 0.252 e. The first kappa shape index (κ1) is 15.5. The lowest BCUT2D eigenvalue weighted by molar-refractivity contribution is 0.0885. The molecule has 0 aliphatic carbocycles. The Morgan fingerprint density at radius 1 is 1.50 bits per heavy atom. The molecule has 18 heavy (non-hydrogen) atoms. The molecule has 5 heteroatoms. The first-order valence-electron chi connectivity index (χ1n) is 5.85. The second-order valence-electron chi connectivity index (χ2n) is 4.39.